The lowest BCUT2D eigenvalue weighted by Gasteiger charge is -2.30. The van der Waals surface area contributed by atoms with Gasteiger partial charge in [0.15, 0.2) is 0 Å². The first kappa shape index (κ1) is 15.4. The SMILES string of the molecule is Cc1ncc(C(=O)Nc2ccccc2N2CCOCC2)c(C)n1. The molecule has 0 aliphatic carbocycles. The fourth-order valence-electron chi connectivity index (χ4n) is 2.66. The number of morpholine rings is 1. The Morgan fingerprint density at radius 3 is 2.70 bits per heavy atom. The highest BCUT2D eigenvalue weighted by Crippen LogP contribution is 2.26. The number of carbonyl (C=O) groups excluding carboxylic acids is 1. The third-order valence-electron chi connectivity index (χ3n) is 3.85. The normalized spacial score (nSPS) is 14.6. The molecule has 0 saturated carbocycles. The molecule has 3 rings (SSSR count). The number of ether oxygens (including phenoxy) is 1. The van der Waals surface area contributed by atoms with Crippen LogP contribution >= 0.6 is 0 Å². The van der Waals surface area contributed by atoms with E-state index < -0.39 is 0 Å². The summed E-state index contributed by atoms with van der Waals surface area (Å²) in [5.74, 6) is 0.468. The summed E-state index contributed by atoms with van der Waals surface area (Å²) in [6.07, 6.45) is 1.57. The molecule has 1 amide bonds. The molecule has 0 radical (unpaired) electrons. The van der Waals surface area contributed by atoms with E-state index >= 15 is 0 Å². The molecule has 1 aliphatic rings. The van der Waals surface area contributed by atoms with E-state index in [2.05, 4.69) is 20.2 Å². The third kappa shape index (κ3) is 3.48. The number of nitrogens with one attached hydrogen (secondary N) is 1. The van der Waals surface area contributed by atoms with Crippen molar-refractivity contribution in [1.82, 2.24) is 9.97 Å². The summed E-state index contributed by atoms with van der Waals surface area (Å²) in [5, 5.41) is 2.98. The Balaban J connectivity index is 1.83. The number of aryl methyl sites for hydroxylation is 2. The average molecular weight is 312 g/mol. The van der Waals surface area contributed by atoms with E-state index in [0.717, 1.165) is 24.5 Å². The highest BCUT2D eigenvalue weighted by Gasteiger charge is 2.17. The van der Waals surface area contributed by atoms with Crippen molar-refractivity contribution in [3.8, 4) is 0 Å². The van der Waals surface area contributed by atoms with Crippen LogP contribution in [0.5, 0.6) is 0 Å². The van der Waals surface area contributed by atoms with Crippen LogP contribution in [0.3, 0.4) is 0 Å². The number of aromatic nitrogens is 2. The first-order valence-corrected chi connectivity index (χ1v) is 7.68. The Morgan fingerprint density at radius 2 is 1.96 bits per heavy atom. The van der Waals surface area contributed by atoms with Gasteiger partial charge in [0.2, 0.25) is 0 Å². The molecule has 0 spiro atoms. The average Bonchev–Trinajstić information content (AvgIpc) is 2.56. The monoisotopic (exact) mass is 312 g/mol. The molecule has 1 aromatic heterocycles. The van der Waals surface area contributed by atoms with Crippen molar-refractivity contribution >= 4 is 17.3 Å². The molecule has 6 heteroatoms. The van der Waals surface area contributed by atoms with E-state index in [4.69, 9.17) is 4.74 Å². The molecule has 0 atom stereocenters. The van der Waals surface area contributed by atoms with Crippen molar-refractivity contribution in [3.63, 3.8) is 0 Å². The van der Waals surface area contributed by atoms with Crippen molar-refractivity contribution in [3.05, 3.63) is 47.5 Å². The number of nitrogens with zero attached hydrogens (tertiary/aromatic N) is 3. The molecule has 1 N–H and O–H groups in total. The Labute approximate surface area is 135 Å². The predicted molar refractivity (Wildman–Crippen MR) is 88.9 cm³/mol. The summed E-state index contributed by atoms with van der Waals surface area (Å²) in [5.41, 5.74) is 2.97. The molecule has 2 aromatic rings. The first-order chi connectivity index (χ1) is 11.1. The van der Waals surface area contributed by atoms with Crippen LogP contribution in [-0.4, -0.2) is 42.2 Å². The minimum atomic E-state index is -0.191. The van der Waals surface area contributed by atoms with Crippen LogP contribution in [0.4, 0.5) is 11.4 Å². The lowest BCUT2D eigenvalue weighted by molar-refractivity contribution is 0.102. The van der Waals surface area contributed by atoms with Crippen LogP contribution in [0, 0.1) is 13.8 Å². The standard InChI is InChI=1S/C17H20N4O2/c1-12-14(11-18-13(2)19-12)17(22)20-15-5-3-4-6-16(15)21-7-9-23-10-8-21/h3-6,11H,7-10H2,1-2H3,(H,20,22). The summed E-state index contributed by atoms with van der Waals surface area (Å²) >= 11 is 0. The maximum absolute atomic E-state index is 12.5. The number of rotatable bonds is 3. The second kappa shape index (κ2) is 6.75. The maximum atomic E-state index is 12.5. The number of hydrogen-bond donors (Lipinski definition) is 1. The smallest absolute Gasteiger partial charge is 0.259 e. The quantitative estimate of drug-likeness (QED) is 0.941. The number of para-hydroxylation sites is 2. The van der Waals surface area contributed by atoms with Gasteiger partial charge in [-0.3, -0.25) is 4.79 Å². The van der Waals surface area contributed by atoms with Crippen LogP contribution < -0.4 is 10.2 Å². The van der Waals surface area contributed by atoms with E-state index in [-0.39, 0.29) is 5.91 Å². The summed E-state index contributed by atoms with van der Waals surface area (Å²) in [6, 6.07) is 7.81. The lowest BCUT2D eigenvalue weighted by atomic mass is 10.2. The van der Waals surface area contributed by atoms with Crippen molar-refractivity contribution in [2.75, 3.05) is 36.5 Å². The van der Waals surface area contributed by atoms with Gasteiger partial charge >= 0.3 is 0 Å². The molecule has 1 aromatic carbocycles. The van der Waals surface area contributed by atoms with Gasteiger partial charge in [0.05, 0.1) is 35.8 Å². The van der Waals surface area contributed by atoms with Crippen molar-refractivity contribution < 1.29 is 9.53 Å². The number of hydrogen-bond acceptors (Lipinski definition) is 5. The molecule has 0 unspecified atom stereocenters. The summed E-state index contributed by atoms with van der Waals surface area (Å²) in [6.45, 7) is 6.67. The van der Waals surface area contributed by atoms with Gasteiger partial charge in [-0.05, 0) is 26.0 Å². The van der Waals surface area contributed by atoms with Gasteiger partial charge in [-0.15, -0.1) is 0 Å². The molecular formula is C17H20N4O2. The minimum absolute atomic E-state index is 0.191. The van der Waals surface area contributed by atoms with Gasteiger partial charge in [-0.25, -0.2) is 9.97 Å². The topological polar surface area (TPSA) is 67.4 Å². The number of anilines is 2. The molecule has 1 aliphatic heterocycles. The number of carbonyl (C=O) groups is 1. The second-order valence-corrected chi connectivity index (χ2v) is 5.49. The van der Waals surface area contributed by atoms with Crippen molar-refractivity contribution in [1.29, 1.82) is 0 Å². The van der Waals surface area contributed by atoms with Crippen molar-refractivity contribution in [2.45, 2.75) is 13.8 Å². The summed E-state index contributed by atoms with van der Waals surface area (Å²) in [7, 11) is 0. The van der Waals surface area contributed by atoms with Gasteiger partial charge in [0.1, 0.15) is 5.82 Å². The fourth-order valence-corrected chi connectivity index (χ4v) is 2.66. The molecule has 23 heavy (non-hydrogen) atoms. The Kier molecular flexibility index (Phi) is 4.52. The fraction of sp³-hybridized carbons (Fsp3) is 0.353. The molecular weight excluding hydrogens is 292 g/mol. The van der Waals surface area contributed by atoms with E-state index in [9.17, 15) is 4.79 Å². The maximum Gasteiger partial charge on any atom is 0.259 e. The van der Waals surface area contributed by atoms with E-state index in [0.29, 0.717) is 30.3 Å². The minimum Gasteiger partial charge on any atom is -0.378 e. The number of amides is 1. The van der Waals surface area contributed by atoms with Gasteiger partial charge < -0.3 is 15.0 Å². The van der Waals surface area contributed by atoms with Gasteiger partial charge in [-0.1, -0.05) is 12.1 Å². The molecule has 6 nitrogen and oxygen atoms in total. The Morgan fingerprint density at radius 1 is 1.22 bits per heavy atom. The molecule has 0 bridgehead atoms. The predicted octanol–water partition coefficient (Wildman–Crippen LogP) is 2.18. The Bertz CT molecular complexity index is 711. The summed E-state index contributed by atoms with van der Waals surface area (Å²) < 4.78 is 5.39. The second-order valence-electron chi connectivity index (χ2n) is 5.49. The number of benzene rings is 1. The Hall–Kier alpha value is -2.47. The lowest BCUT2D eigenvalue weighted by Crippen LogP contribution is -2.36. The van der Waals surface area contributed by atoms with E-state index in [1.54, 1.807) is 6.20 Å². The zero-order valence-electron chi connectivity index (χ0n) is 13.4. The van der Waals surface area contributed by atoms with E-state index in [1.165, 1.54) is 0 Å². The molecule has 1 saturated heterocycles. The van der Waals surface area contributed by atoms with Crippen molar-refractivity contribution in [2.24, 2.45) is 0 Å². The van der Waals surface area contributed by atoms with Crippen LogP contribution in [0.15, 0.2) is 30.5 Å². The van der Waals surface area contributed by atoms with Crippen LogP contribution in [0.2, 0.25) is 0 Å². The molecule has 1 fully saturated rings. The third-order valence-corrected chi connectivity index (χ3v) is 3.85. The highest BCUT2D eigenvalue weighted by atomic mass is 16.5. The largest absolute Gasteiger partial charge is 0.378 e. The molecule has 120 valence electrons. The van der Waals surface area contributed by atoms with Gasteiger partial charge in [0.25, 0.3) is 5.91 Å². The highest BCUT2D eigenvalue weighted by molar-refractivity contribution is 6.06. The first-order valence-electron chi connectivity index (χ1n) is 7.68. The zero-order valence-corrected chi connectivity index (χ0v) is 13.4. The molecule has 2 heterocycles. The van der Waals surface area contributed by atoms with Crippen LogP contribution in [-0.2, 0) is 4.74 Å². The van der Waals surface area contributed by atoms with Crippen LogP contribution in [0.1, 0.15) is 21.9 Å². The van der Waals surface area contributed by atoms with Gasteiger partial charge in [-0.2, -0.15) is 0 Å². The van der Waals surface area contributed by atoms with Gasteiger partial charge in [0, 0.05) is 19.3 Å². The van der Waals surface area contributed by atoms with E-state index in [1.807, 2.05) is 38.1 Å². The van der Waals surface area contributed by atoms with Crippen LogP contribution in [0.25, 0.3) is 0 Å². The summed E-state index contributed by atoms with van der Waals surface area (Å²) in [4.78, 5) is 23.1. The zero-order chi connectivity index (χ0) is 16.2.